The molecule has 0 saturated heterocycles. The zero-order valence-electron chi connectivity index (χ0n) is 19.4. The van der Waals surface area contributed by atoms with Crippen molar-refractivity contribution in [1.82, 2.24) is 10.3 Å². The number of hydrogen-bond donors (Lipinski definition) is 2. The van der Waals surface area contributed by atoms with Gasteiger partial charge in [0.05, 0.1) is 17.1 Å². The Labute approximate surface area is 235 Å². The summed E-state index contributed by atoms with van der Waals surface area (Å²) < 4.78 is 12.7. The highest BCUT2D eigenvalue weighted by Crippen LogP contribution is 2.33. The van der Waals surface area contributed by atoms with Crippen molar-refractivity contribution in [3.63, 3.8) is 0 Å². The number of hydrogen-bond acceptors (Lipinski definition) is 5. The summed E-state index contributed by atoms with van der Waals surface area (Å²) >= 11 is 12.2. The van der Waals surface area contributed by atoms with Gasteiger partial charge < -0.3 is 14.5 Å². The minimum atomic E-state index is -0.403. The number of fused-ring (bicyclic) bond motifs is 1. The zero-order valence-corrected chi connectivity index (χ0v) is 23.4. The number of nitrogens with one attached hydrogen (secondary N) is 2. The minimum Gasteiger partial charge on any atom is -0.495 e. The number of carbonyl (C=O) groups excluding carboxylic acids is 1. The van der Waals surface area contributed by atoms with Crippen LogP contribution in [0.1, 0.15) is 10.4 Å². The molecule has 1 aromatic heterocycles. The van der Waals surface area contributed by atoms with E-state index in [0.29, 0.717) is 38.5 Å². The summed E-state index contributed by atoms with van der Waals surface area (Å²) in [4.78, 5) is 17.5. The quantitative estimate of drug-likeness (QED) is 0.192. The van der Waals surface area contributed by atoms with Crippen LogP contribution < -0.4 is 15.4 Å². The lowest BCUT2D eigenvalue weighted by Gasteiger charge is -2.13. The number of nitrogens with zero attached hydrogens (tertiary/aromatic N) is 1. The third-order valence-electron chi connectivity index (χ3n) is 5.57. The molecule has 0 bridgehead atoms. The molecule has 4 aromatic carbocycles. The fraction of sp³-hybridized carbons (Fsp3) is 0.0357. The molecule has 0 radical (unpaired) electrons. The first-order valence-electron chi connectivity index (χ1n) is 11.1. The molecular weight excluding hydrogens is 618 g/mol. The van der Waals surface area contributed by atoms with Gasteiger partial charge >= 0.3 is 0 Å². The van der Waals surface area contributed by atoms with Crippen LogP contribution in [0.5, 0.6) is 5.75 Å². The van der Waals surface area contributed by atoms with Crippen molar-refractivity contribution in [2.24, 2.45) is 0 Å². The molecule has 5 aromatic rings. The van der Waals surface area contributed by atoms with Crippen LogP contribution in [0, 0.1) is 0 Å². The second-order valence-corrected chi connectivity index (χ2v) is 10.2. The molecule has 9 heteroatoms. The fourth-order valence-corrected chi connectivity index (χ4v) is 5.43. The molecule has 37 heavy (non-hydrogen) atoms. The Morgan fingerprint density at radius 2 is 1.62 bits per heavy atom. The Balaban J connectivity index is 1.30. The number of carbonyl (C=O) groups is 1. The molecule has 0 aliphatic heterocycles. The van der Waals surface area contributed by atoms with Gasteiger partial charge in [-0.3, -0.25) is 10.1 Å². The lowest BCUT2D eigenvalue weighted by Crippen LogP contribution is -2.34. The van der Waals surface area contributed by atoms with Crippen molar-refractivity contribution < 1.29 is 13.9 Å². The predicted octanol–water partition coefficient (Wildman–Crippen LogP) is 7.82. The molecule has 0 aliphatic carbocycles. The van der Waals surface area contributed by atoms with Gasteiger partial charge in [0.1, 0.15) is 11.3 Å². The van der Waals surface area contributed by atoms with Crippen LogP contribution in [-0.2, 0) is 0 Å². The van der Waals surface area contributed by atoms with Crippen LogP contribution in [0.2, 0.25) is 0 Å². The highest BCUT2D eigenvalue weighted by molar-refractivity contribution is 9.11. The number of benzene rings is 4. The Kier molecular flexibility index (Phi) is 7.36. The topological polar surface area (TPSA) is 76.4 Å². The third-order valence-corrected chi connectivity index (χ3v) is 6.82. The monoisotopic (exact) mass is 635 g/mol. The van der Waals surface area contributed by atoms with Crippen molar-refractivity contribution >= 4 is 71.9 Å². The molecule has 184 valence electrons. The molecule has 2 N–H and O–H groups in total. The normalized spacial score (nSPS) is 10.8. The van der Waals surface area contributed by atoms with Crippen LogP contribution in [0.4, 0.5) is 5.69 Å². The van der Waals surface area contributed by atoms with E-state index in [4.69, 9.17) is 21.4 Å². The van der Waals surface area contributed by atoms with Crippen LogP contribution in [0.3, 0.4) is 0 Å². The number of thiocarbonyl (C=S) groups is 1. The second kappa shape index (κ2) is 10.8. The number of aromatic nitrogens is 1. The van der Waals surface area contributed by atoms with Gasteiger partial charge in [0.15, 0.2) is 10.7 Å². The van der Waals surface area contributed by atoms with Gasteiger partial charge in [0.25, 0.3) is 5.91 Å². The number of halogens is 2. The summed E-state index contributed by atoms with van der Waals surface area (Å²) in [7, 11) is 1.50. The standard InChI is InChI=1S/C28H19Br2N3O3S/c1-35-25-21(13-19(29)14-22(25)30)26(34)33-28(37)31-20-11-12-24-23(15-20)32-27(36-24)18-9-7-17(8-10-18)16-5-3-2-4-6-16/h2-15H,1H3,(H2,31,33,34,37). The number of oxazole rings is 1. The van der Waals surface area contributed by atoms with Crippen molar-refractivity contribution in [3.05, 3.63) is 99.4 Å². The van der Waals surface area contributed by atoms with Crippen molar-refractivity contribution in [2.45, 2.75) is 0 Å². The lowest BCUT2D eigenvalue weighted by atomic mass is 10.0. The molecule has 0 atom stereocenters. The predicted molar refractivity (Wildman–Crippen MR) is 157 cm³/mol. The average Bonchev–Trinajstić information content (AvgIpc) is 3.32. The van der Waals surface area contributed by atoms with Gasteiger partial charge in [-0.1, -0.05) is 58.4 Å². The minimum absolute atomic E-state index is 0.141. The lowest BCUT2D eigenvalue weighted by molar-refractivity contribution is 0.0974. The molecule has 1 heterocycles. The molecule has 0 fully saturated rings. The number of rotatable bonds is 5. The number of anilines is 1. The summed E-state index contributed by atoms with van der Waals surface area (Å²) in [6.45, 7) is 0. The largest absolute Gasteiger partial charge is 0.495 e. The molecule has 1 amide bonds. The van der Waals surface area contributed by atoms with Gasteiger partial charge in [-0.15, -0.1) is 0 Å². The maximum absolute atomic E-state index is 12.8. The Hall–Kier alpha value is -3.53. The number of ether oxygens (including phenoxy) is 1. The van der Waals surface area contributed by atoms with E-state index < -0.39 is 5.91 Å². The second-order valence-electron chi connectivity index (χ2n) is 8.02. The maximum Gasteiger partial charge on any atom is 0.261 e. The summed E-state index contributed by atoms with van der Waals surface area (Å²) in [5.41, 5.74) is 5.46. The van der Waals surface area contributed by atoms with E-state index in [1.54, 1.807) is 12.1 Å². The van der Waals surface area contributed by atoms with E-state index in [1.807, 2.05) is 60.7 Å². The SMILES string of the molecule is COc1c(Br)cc(Br)cc1C(=O)NC(=S)Nc1ccc2oc(-c3ccc(-c4ccccc4)cc3)nc2c1. The highest BCUT2D eigenvalue weighted by Gasteiger charge is 2.18. The summed E-state index contributed by atoms with van der Waals surface area (Å²) in [5, 5.41) is 5.86. The van der Waals surface area contributed by atoms with E-state index >= 15 is 0 Å². The molecule has 6 nitrogen and oxygen atoms in total. The van der Waals surface area contributed by atoms with Crippen LogP contribution >= 0.6 is 44.1 Å². The van der Waals surface area contributed by atoms with Crippen LogP contribution in [0.25, 0.3) is 33.7 Å². The van der Waals surface area contributed by atoms with Crippen LogP contribution in [0.15, 0.2) is 98.3 Å². The van der Waals surface area contributed by atoms with Gasteiger partial charge in [-0.05, 0) is 81.7 Å². The summed E-state index contributed by atoms with van der Waals surface area (Å²) in [6.07, 6.45) is 0. The fourth-order valence-electron chi connectivity index (χ4n) is 3.83. The van der Waals surface area contributed by atoms with Crippen LogP contribution in [-0.4, -0.2) is 23.1 Å². The van der Waals surface area contributed by atoms with Gasteiger partial charge in [-0.2, -0.15) is 0 Å². The summed E-state index contributed by atoms with van der Waals surface area (Å²) in [6, 6.07) is 27.2. The molecule has 5 rings (SSSR count). The number of amides is 1. The van der Waals surface area contributed by atoms with E-state index in [1.165, 1.54) is 7.11 Å². The van der Waals surface area contributed by atoms with Gasteiger partial charge in [0.2, 0.25) is 5.89 Å². The van der Waals surface area contributed by atoms with Crippen molar-refractivity contribution in [1.29, 1.82) is 0 Å². The first-order valence-corrected chi connectivity index (χ1v) is 13.1. The molecule has 0 spiro atoms. The van der Waals surface area contributed by atoms with Crippen molar-refractivity contribution in [2.75, 3.05) is 12.4 Å². The highest BCUT2D eigenvalue weighted by atomic mass is 79.9. The third kappa shape index (κ3) is 5.58. The molecule has 0 saturated carbocycles. The van der Waals surface area contributed by atoms with E-state index in [-0.39, 0.29) is 5.11 Å². The number of methoxy groups -OCH3 is 1. The van der Waals surface area contributed by atoms with E-state index in [2.05, 4.69) is 59.6 Å². The molecule has 0 aliphatic rings. The zero-order chi connectivity index (χ0) is 25.9. The molecular formula is C28H19Br2N3O3S. The van der Waals surface area contributed by atoms with Crippen molar-refractivity contribution in [3.8, 4) is 28.3 Å². The Morgan fingerprint density at radius 1 is 0.919 bits per heavy atom. The smallest absolute Gasteiger partial charge is 0.261 e. The Morgan fingerprint density at radius 3 is 2.35 bits per heavy atom. The maximum atomic E-state index is 12.8. The first-order chi connectivity index (χ1) is 17.9. The van der Waals surface area contributed by atoms with E-state index in [9.17, 15) is 4.79 Å². The Bertz CT molecular complexity index is 1620. The molecule has 0 unspecified atom stereocenters. The van der Waals surface area contributed by atoms with Gasteiger partial charge in [-0.25, -0.2) is 4.98 Å². The van der Waals surface area contributed by atoms with Gasteiger partial charge in [0, 0.05) is 15.7 Å². The van der Waals surface area contributed by atoms with E-state index in [0.717, 1.165) is 21.2 Å². The first kappa shape index (κ1) is 25.1. The average molecular weight is 637 g/mol. The summed E-state index contributed by atoms with van der Waals surface area (Å²) in [5.74, 6) is 0.534.